The monoisotopic (exact) mass is 312 g/mol. The molecule has 0 aliphatic carbocycles. The molecule has 2 aliphatic heterocycles. The van der Waals surface area contributed by atoms with Gasteiger partial charge in [-0.1, -0.05) is 6.42 Å². The molecule has 0 radical (unpaired) electrons. The smallest absolute Gasteiger partial charge is 0.300 e. The lowest BCUT2D eigenvalue weighted by atomic mass is 9.76. The van der Waals surface area contributed by atoms with Gasteiger partial charge in [0.2, 0.25) is 0 Å². The van der Waals surface area contributed by atoms with Gasteiger partial charge in [-0.05, 0) is 44.9 Å². The summed E-state index contributed by atoms with van der Waals surface area (Å²) in [7, 11) is 2.08. The van der Waals surface area contributed by atoms with Crippen LogP contribution in [-0.4, -0.2) is 34.8 Å². The van der Waals surface area contributed by atoms with Crippen LogP contribution in [0.15, 0.2) is 18.3 Å². The van der Waals surface area contributed by atoms with Crippen molar-refractivity contribution in [2.75, 3.05) is 7.05 Å². The van der Waals surface area contributed by atoms with Gasteiger partial charge in [-0.25, -0.2) is 0 Å². The molecular formula is C16H19F3N2O. The zero-order valence-electron chi connectivity index (χ0n) is 12.4. The van der Waals surface area contributed by atoms with Crippen LogP contribution in [0.5, 0.6) is 0 Å². The van der Waals surface area contributed by atoms with Crippen LogP contribution in [0, 0.1) is 5.92 Å². The molecule has 1 aromatic rings. The third-order valence-electron chi connectivity index (χ3n) is 5.05. The molecule has 0 saturated carbocycles. The average molecular weight is 312 g/mol. The SMILES string of the molecule is CN1C2CCCC1CC(C(=O)c1cc(C(F)(F)F)ccn1)C2. The molecule has 120 valence electrons. The molecule has 1 aromatic heterocycles. The summed E-state index contributed by atoms with van der Waals surface area (Å²) < 4.78 is 38.3. The first-order valence-corrected chi connectivity index (χ1v) is 7.65. The van der Waals surface area contributed by atoms with Gasteiger partial charge < -0.3 is 4.90 Å². The Hall–Kier alpha value is -1.43. The van der Waals surface area contributed by atoms with Crippen molar-refractivity contribution in [2.24, 2.45) is 5.92 Å². The van der Waals surface area contributed by atoms with Gasteiger partial charge in [-0.2, -0.15) is 13.2 Å². The minimum absolute atomic E-state index is 0.0533. The highest BCUT2D eigenvalue weighted by molar-refractivity contribution is 5.96. The van der Waals surface area contributed by atoms with Crippen LogP contribution in [0.4, 0.5) is 13.2 Å². The minimum atomic E-state index is -4.44. The van der Waals surface area contributed by atoms with E-state index in [0.29, 0.717) is 12.1 Å². The van der Waals surface area contributed by atoms with Crippen LogP contribution in [0.1, 0.15) is 48.2 Å². The lowest BCUT2D eigenvalue weighted by molar-refractivity contribution is -0.137. The number of carbonyl (C=O) groups is 1. The Kier molecular flexibility index (Phi) is 3.97. The highest BCUT2D eigenvalue weighted by atomic mass is 19.4. The molecule has 2 saturated heterocycles. The summed E-state index contributed by atoms with van der Waals surface area (Å²) in [5, 5.41) is 0. The number of aromatic nitrogens is 1. The Balaban J connectivity index is 1.80. The van der Waals surface area contributed by atoms with E-state index in [1.165, 1.54) is 6.42 Å². The van der Waals surface area contributed by atoms with Crippen molar-refractivity contribution >= 4 is 5.78 Å². The van der Waals surface area contributed by atoms with Crippen molar-refractivity contribution in [1.29, 1.82) is 0 Å². The summed E-state index contributed by atoms with van der Waals surface area (Å²) in [5.41, 5.74) is -0.860. The molecule has 3 heterocycles. The van der Waals surface area contributed by atoms with E-state index in [1.54, 1.807) is 0 Å². The molecule has 6 heteroatoms. The van der Waals surface area contributed by atoms with Crippen LogP contribution in [0.3, 0.4) is 0 Å². The second-order valence-corrected chi connectivity index (χ2v) is 6.36. The third kappa shape index (κ3) is 2.89. The number of Topliss-reactive ketones (excluding diaryl/α,β-unsaturated/α-hetero) is 1. The molecule has 22 heavy (non-hydrogen) atoms. The second kappa shape index (κ2) is 5.65. The van der Waals surface area contributed by atoms with E-state index in [-0.39, 0.29) is 17.4 Å². The topological polar surface area (TPSA) is 33.2 Å². The molecule has 0 spiro atoms. The highest BCUT2D eigenvalue weighted by Crippen LogP contribution is 2.37. The first kappa shape index (κ1) is 15.5. The number of halogens is 3. The molecule has 2 unspecified atom stereocenters. The summed E-state index contributed by atoms with van der Waals surface area (Å²) in [6.07, 6.45) is 1.38. The summed E-state index contributed by atoms with van der Waals surface area (Å²) >= 11 is 0. The number of ketones is 1. The molecular weight excluding hydrogens is 293 g/mol. The van der Waals surface area contributed by atoms with Gasteiger partial charge in [0.15, 0.2) is 5.78 Å². The van der Waals surface area contributed by atoms with Gasteiger partial charge in [0.1, 0.15) is 5.69 Å². The zero-order valence-corrected chi connectivity index (χ0v) is 12.4. The van der Waals surface area contributed by atoms with Crippen LogP contribution in [0.25, 0.3) is 0 Å². The summed E-state index contributed by atoms with van der Waals surface area (Å²) in [5.74, 6) is -0.446. The number of hydrogen-bond acceptors (Lipinski definition) is 3. The molecule has 3 rings (SSSR count). The highest BCUT2D eigenvalue weighted by Gasteiger charge is 2.39. The van der Waals surface area contributed by atoms with Gasteiger partial charge in [-0.3, -0.25) is 9.78 Å². The number of nitrogens with zero attached hydrogens (tertiary/aromatic N) is 2. The summed E-state index contributed by atoms with van der Waals surface area (Å²) in [6.45, 7) is 0. The number of fused-ring (bicyclic) bond motifs is 2. The van der Waals surface area contributed by atoms with Crippen molar-refractivity contribution in [2.45, 2.75) is 50.4 Å². The molecule has 0 amide bonds. The van der Waals surface area contributed by atoms with Gasteiger partial charge in [-0.15, -0.1) is 0 Å². The molecule has 2 atom stereocenters. The van der Waals surface area contributed by atoms with Gasteiger partial charge >= 0.3 is 6.18 Å². The van der Waals surface area contributed by atoms with E-state index in [9.17, 15) is 18.0 Å². The number of pyridine rings is 1. The fraction of sp³-hybridized carbons (Fsp3) is 0.625. The Morgan fingerprint density at radius 3 is 2.50 bits per heavy atom. The van der Waals surface area contributed by atoms with Gasteiger partial charge in [0.25, 0.3) is 0 Å². The third-order valence-corrected chi connectivity index (χ3v) is 5.05. The minimum Gasteiger partial charge on any atom is -0.300 e. The van der Waals surface area contributed by atoms with E-state index >= 15 is 0 Å². The van der Waals surface area contributed by atoms with Crippen molar-refractivity contribution in [3.8, 4) is 0 Å². The fourth-order valence-electron chi connectivity index (χ4n) is 3.78. The normalized spacial score (nSPS) is 29.4. The molecule has 0 N–H and O–H groups in total. The van der Waals surface area contributed by atoms with Crippen LogP contribution in [-0.2, 0) is 6.18 Å². The molecule has 0 aromatic carbocycles. The van der Waals surface area contributed by atoms with E-state index in [0.717, 1.165) is 44.0 Å². The van der Waals surface area contributed by atoms with E-state index in [1.807, 2.05) is 0 Å². The number of piperidine rings is 2. The average Bonchev–Trinajstić information content (AvgIpc) is 2.45. The Morgan fingerprint density at radius 1 is 1.27 bits per heavy atom. The van der Waals surface area contributed by atoms with Crippen LogP contribution in [0.2, 0.25) is 0 Å². The van der Waals surface area contributed by atoms with Crippen molar-refractivity contribution in [1.82, 2.24) is 9.88 Å². The second-order valence-electron chi connectivity index (χ2n) is 6.36. The van der Waals surface area contributed by atoms with Crippen LogP contribution >= 0.6 is 0 Å². The zero-order chi connectivity index (χ0) is 15.9. The number of carbonyl (C=O) groups excluding carboxylic acids is 1. The van der Waals surface area contributed by atoms with Crippen molar-refractivity contribution < 1.29 is 18.0 Å². The molecule has 2 bridgehead atoms. The number of rotatable bonds is 2. The van der Waals surface area contributed by atoms with E-state index in [4.69, 9.17) is 0 Å². The predicted molar refractivity (Wildman–Crippen MR) is 75.5 cm³/mol. The van der Waals surface area contributed by atoms with Gasteiger partial charge in [0.05, 0.1) is 5.56 Å². The van der Waals surface area contributed by atoms with Crippen molar-refractivity contribution in [3.05, 3.63) is 29.6 Å². The maximum absolute atomic E-state index is 12.8. The summed E-state index contributed by atoms with van der Waals surface area (Å²) in [6, 6.07) is 2.52. The standard InChI is InChI=1S/C16H19F3N2O/c1-21-12-3-2-4-13(21)8-10(7-12)15(22)14-9-11(5-6-20-14)16(17,18)19/h5-6,9-10,12-13H,2-4,7-8H2,1H3. The Labute approximate surface area is 127 Å². The Bertz CT molecular complexity index is 559. The van der Waals surface area contributed by atoms with E-state index in [2.05, 4.69) is 16.9 Å². The lowest BCUT2D eigenvalue weighted by Crippen LogP contribution is -2.51. The quantitative estimate of drug-likeness (QED) is 0.783. The first-order chi connectivity index (χ1) is 10.4. The number of alkyl halides is 3. The molecule has 2 fully saturated rings. The maximum atomic E-state index is 12.8. The predicted octanol–water partition coefficient (Wildman–Crippen LogP) is 3.55. The summed E-state index contributed by atoms with van der Waals surface area (Å²) in [4.78, 5) is 18.8. The molecule has 3 nitrogen and oxygen atoms in total. The van der Waals surface area contributed by atoms with E-state index < -0.39 is 11.7 Å². The lowest BCUT2D eigenvalue weighted by Gasteiger charge is -2.46. The first-order valence-electron chi connectivity index (χ1n) is 7.65. The van der Waals surface area contributed by atoms with Crippen LogP contribution < -0.4 is 0 Å². The maximum Gasteiger partial charge on any atom is 0.416 e. The fourth-order valence-corrected chi connectivity index (χ4v) is 3.78. The Morgan fingerprint density at radius 2 is 1.91 bits per heavy atom. The van der Waals surface area contributed by atoms with Crippen molar-refractivity contribution in [3.63, 3.8) is 0 Å². The van der Waals surface area contributed by atoms with Gasteiger partial charge in [0, 0.05) is 24.2 Å². The largest absolute Gasteiger partial charge is 0.416 e. The molecule has 2 aliphatic rings. The number of hydrogen-bond donors (Lipinski definition) is 0.